The third-order valence-corrected chi connectivity index (χ3v) is 7.83. The van der Waals surface area contributed by atoms with Gasteiger partial charge in [0.25, 0.3) is 5.91 Å². The van der Waals surface area contributed by atoms with Gasteiger partial charge in [0.05, 0.1) is 18.7 Å². The Morgan fingerprint density at radius 2 is 1.84 bits per heavy atom. The van der Waals surface area contributed by atoms with Crippen LogP contribution < -0.4 is 9.64 Å². The summed E-state index contributed by atoms with van der Waals surface area (Å²) in [6.07, 6.45) is 5.30. The molecule has 0 aliphatic carbocycles. The number of hydrogen-bond donors (Lipinski definition) is 0. The summed E-state index contributed by atoms with van der Waals surface area (Å²) in [7, 11) is 1.72. The van der Waals surface area contributed by atoms with E-state index in [4.69, 9.17) is 9.47 Å². The summed E-state index contributed by atoms with van der Waals surface area (Å²) >= 11 is 0. The standard InChI is InChI=1S/C29H31FN4O3/c1-18(30)37-26-8-4-3-7-22(26)23-11-13-34-27(23)25-14-19(9-10-24(25)28(34)35)20-15-31-29(32-16-20)33-12-5-6-21(33)17-36-2/h3-4,7-10,14-16,18,21,23,27H,5-6,11-13,17H2,1-2H3/t18?,21-,23+,27+/m1/s1. The highest BCUT2D eigenvalue weighted by Crippen LogP contribution is 2.51. The molecule has 0 radical (unpaired) electrons. The van der Waals surface area contributed by atoms with Gasteiger partial charge >= 0.3 is 0 Å². The number of alkyl halides is 1. The molecule has 3 aliphatic heterocycles. The van der Waals surface area contributed by atoms with Gasteiger partial charge in [-0.1, -0.05) is 24.3 Å². The van der Waals surface area contributed by atoms with Gasteiger partial charge < -0.3 is 19.3 Å². The minimum atomic E-state index is -1.41. The number of aromatic nitrogens is 2. The number of para-hydroxylation sites is 1. The highest BCUT2D eigenvalue weighted by Gasteiger charge is 2.46. The predicted octanol–water partition coefficient (Wildman–Crippen LogP) is 5.14. The first-order chi connectivity index (χ1) is 18.0. The summed E-state index contributed by atoms with van der Waals surface area (Å²) in [6.45, 7) is 3.64. The molecule has 3 aliphatic rings. The van der Waals surface area contributed by atoms with Crippen molar-refractivity contribution in [2.45, 2.75) is 50.5 Å². The van der Waals surface area contributed by atoms with Crippen molar-refractivity contribution >= 4 is 11.9 Å². The Bertz CT molecular complexity index is 1300. The van der Waals surface area contributed by atoms with Crippen LogP contribution >= 0.6 is 0 Å². The van der Waals surface area contributed by atoms with Gasteiger partial charge in [0.2, 0.25) is 12.3 Å². The molecule has 1 aromatic heterocycles. The Balaban J connectivity index is 1.31. The summed E-state index contributed by atoms with van der Waals surface area (Å²) in [4.78, 5) is 26.7. The van der Waals surface area contributed by atoms with Crippen molar-refractivity contribution in [3.8, 4) is 16.9 Å². The van der Waals surface area contributed by atoms with Gasteiger partial charge in [-0.05, 0) is 54.2 Å². The van der Waals surface area contributed by atoms with Crippen molar-refractivity contribution in [3.63, 3.8) is 0 Å². The molecule has 1 unspecified atom stereocenters. The molecule has 8 heteroatoms. The Hall–Kier alpha value is -3.52. The van der Waals surface area contributed by atoms with E-state index in [0.717, 1.165) is 59.6 Å². The topological polar surface area (TPSA) is 67.8 Å². The average molecular weight is 503 g/mol. The lowest BCUT2D eigenvalue weighted by atomic mass is 9.86. The Kier molecular flexibility index (Phi) is 6.28. The third-order valence-electron chi connectivity index (χ3n) is 7.83. The number of methoxy groups -OCH3 is 1. The van der Waals surface area contributed by atoms with Gasteiger partial charge in [0.15, 0.2) is 0 Å². The van der Waals surface area contributed by atoms with Crippen LogP contribution in [0.2, 0.25) is 0 Å². The second-order valence-electron chi connectivity index (χ2n) is 10.1. The quantitative estimate of drug-likeness (QED) is 0.446. The minimum absolute atomic E-state index is 0.0295. The molecular formula is C29H31FN4O3. The van der Waals surface area contributed by atoms with Crippen molar-refractivity contribution in [2.75, 3.05) is 31.7 Å². The first-order valence-electron chi connectivity index (χ1n) is 13.0. The fourth-order valence-corrected chi connectivity index (χ4v) is 6.22. The highest BCUT2D eigenvalue weighted by molar-refractivity contribution is 6.00. The summed E-state index contributed by atoms with van der Waals surface area (Å²) in [6, 6.07) is 13.8. The SMILES string of the molecule is COC[C@H]1CCCN1c1ncc(-c2ccc3c(c2)[C@@H]2[C@H](c4ccccc4OC(C)F)CCN2C3=O)cn1. The third kappa shape index (κ3) is 4.23. The molecule has 1 amide bonds. The van der Waals surface area contributed by atoms with Crippen LogP contribution in [0.4, 0.5) is 10.3 Å². The molecule has 4 atom stereocenters. The number of halogens is 1. The zero-order chi connectivity index (χ0) is 25.5. The van der Waals surface area contributed by atoms with Crippen molar-refractivity contribution in [2.24, 2.45) is 0 Å². The summed E-state index contributed by atoms with van der Waals surface area (Å²) in [5, 5.41) is 0. The Morgan fingerprint density at radius 3 is 2.62 bits per heavy atom. The molecule has 7 nitrogen and oxygen atoms in total. The average Bonchev–Trinajstić information content (AvgIpc) is 3.61. The smallest absolute Gasteiger partial charge is 0.254 e. The largest absolute Gasteiger partial charge is 0.460 e. The van der Waals surface area contributed by atoms with Gasteiger partial charge in [-0.25, -0.2) is 14.4 Å². The van der Waals surface area contributed by atoms with Gasteiger partial charge in [-0.2, -0.15) is 0 Å². The van der Waals surface area contributed by atoms with E-state index in [9.17, 15) is 9.18 Å². The number of carbonyl (C=O) groups excluding carboxylic acids is 1. The first-order valence-corrected chi connectivity index (χ1v) is 13.0. The van der Waals surface area contributed by atoms with Crippen LogP contribution in [0, 0.1) is 0 Å². The molecule has 2 aromatic carbocycles. The van der Waals surface area contributed by atoms with Crippen LogP contribution in [0.1, 0.15) is 59.6 Å². The van der Waals surface area contributed by atoms with E-state index in [0.29, 0.717) is 24.9 Å². The first kappa shape index (κ1) is 23.9. The van der Waals surface area contributed by atoms with Crippen LogP contribution in [0.25, 0.3) is 11.1 Å². The molecule has 2 saturated heterocycles. The summed E-state index contributed by atoms with van der Waals surface area (Å²) < 4.78 is 24.6. The fourth-order valence-electron chi connectivity index (χ4n) is 6.22. The van der Waals surface area contributed by atoms with Crippen molar-refractivity contribution < 1.29 is 18.7 Å². The number of anilines is 1. The molecule has 3 aromatic rings. The van der Waals surface area contributed by atoms with E-state index in [-0.39, 0.29) is 17.9 Å². The lowest BCUT2D eigenvalue weighted by Gasteiger charge is -2.24. The van der Waals surface area contributed by atoms with Gasteiger partial charge in [-0.15, -0.1) is 0 Å². The maximum atomic E-state index is 13.7. The molecule has 0 spiro atoms. The number of ether oxygens (including phenoxy) is 2. The molecule has 4 heterocycles. The molecule has 0 bridgehead atoms. The molecule has 6 rings (SSSR count). The summed E-state index contributed by atoms with van der Waals surface area (Å²) in [5.41, 5.74) is 4.55. The number of hydrogen-bond acceptors (Lipinski definition) is 6. The van der Waals surface area contributed by atoms with Gasteiger partial charge in [0.1, 0.15) is 5.75 Å². The Labute approximate surface area is 216 Å². The van der Waals surface area contributed by atoms with E-state index < -0.39 is 6.36 Å². The van der Waals surface area contributed by atoms with Crippen LogP contribution in [0.5, 0.6) is 5.75 Å². The van der Waals surface area contributed by atoms with Gasteiger partial charge in [-0.3, -0.25) is 4.79 Å². The number of carbonyl (C=O) groups is 1. The van der Waals surface area contributed by atoms with E-state index in [1.807, 2.05) is 47.6 Å². The van der Waals surface area contributed by atoms with E-state index in [2.05, 4.69) is 20.9 Å². The molecule has 2 fully saturated rings. The maximum absolute atomic E-state index is 13.7. The fraction of sp³-hybridized carbons (Fsp3) is 0.414. The molecular weight excluding hydrogens is 471 g/mol. The molecule has 0 saturated carbocycles. The van der Waals surface area contributed by atoms with Crippen LogP contribution in [-0.4, -0.2) is 60.0 Å². The van der Waals surface area contributed by atoms with Crippen LogP contribution in [0.3, 0.4) is 0 Å². The lowest BCUT2D eigenvalue weighted by molar-refractivity contribution is 0.0762. The minimum Gasteiger partial charge on any atom is -0.460 e. The maximum Gasteiger partial charge on any atom is 0.254 e. The zero-order valence-electron chi connectivity index (χ0n) is 21.1. The normalized spacial score (nSPS) is 23.3. The van der Waals surface area contributed by atoms with E-state index >= 15 is 0 Å². The number of amides is 1. The van der Waals surface area contributed by atoms with Crippen molar-refractivity contribution in [3.05, 3.63) is 71.5 Å². The zero-order valence-corrected chi connectivity index (χ0v) is 21.1. The van der Waals surface area contributed by atoms with Gasteiger partial charge in [0, 0.05) is 56.6 Å². The molecule has 37 heavy (non-hydrogen) atoms. The summed E-state index contributed by atoms with van der Waals surface area (Å²) in [5.74, 6) is 1.34. The number of nitrogens with zero attached hydrogens (tertiary/aromatic N) is 4. The number of benzene rings is 2. The number of fused-ring (bicyclic) bond motifs is 3. The predicted molar refractivity (Wildman–Crippen MR) is 138 cm³/mol. The van der Waals surface area contributed by atoms with Crippen LogP contribution in [-0.2, 0) is 4.74 Å². The molecule has 0 N–H and O–H groups in total. The number of rotatable bonds is 7. The second-order valence-corrected chi connectivity index (χ2v) is 10.1. The van der Waals surface area contributed by atoms with E-state index in [1.165, 1.54) is 6.92 Å². The molecule has 192 valence electrons. The van der Waals surface area contributed by atoms with Crippen molar-refractivity contribution in [1.29, 1.82) is 0 Å². The second kappa shape index (κ2) is 9.74. The monoisotopic (exact) mass is 502 g/mol. The van der Waals surface area contributed by atoms with E-state index in [1.54, 1.807) is 13.2 Å². The van der Waals surface area contributed by atoms with Crippen LogP contribution in [0.15, 0.2) is 54.9 Å². The highest BCUT2D eigenvalue weighted by atomic mass is 19.1. The Morgan fingerprint density at radius 1 is 1.03 bits per heavy atom. The van der Waals surface area contributed by atoms with Crippen molar-refractivity contribution in [1.82, 2.24) is 14.9 Å². The lowest BCUT2D eigenvalue weighted by Crippen LogP contribution is -2.34.